The summed E-state index contributed by atoms with van der Waals surface area (Å²) in [5.41, 5.74) is -2.29. The fraction of sp³-hybridized carbons (Fsp3) is 0.625. The van der Waals surface area contributed by atoms with Crippen LogP contribution < -0.4 is 0 Å². The first-order valence-electron chi connectivity index (χ1n) is 11.1. The van der Waals surface area contributed by atoms with E-state index in [0.717, 1.165) is 15.0 Å². The van der Waals surface area contributed by atoms with Crippen molar-refractivity contribution < 1.29 is 28.6 Å². The van der Waals surface area contributed by atoms with Crippen LogP contribution in [0.2, 0.25) is 0 Å². The SMILES string of the molecule is CCOC(=O)C1(Cc2ccc(Br)cc2)CCCN(C(=O)OC(C)(C)C)N1C(=O)OC(C)(C)C. The summed E-state index contributed by atoms with van der Waals surface area (Å²) in [6.07, 6.45) is -0.595. The molecule has 8 nitrogen and oxygen atoms in total. The van der Waals surface area contributed by atoms with Gasteiger partial charge in [0.05, 0.1) is 6.61 Å². The van der Waals surface area contributed by atoms with E-state index in [0.29, 0.717) is 12.8 Å². The van der Waals surface area contributed by atoms with E-state index in [1.807, 2.05) is 24.3 Å². The smallest absolute Gasteiger partial charge is 0.430 e. The van der Waals surface area contributed by atoms with Gasteiger partial charge in [-0.25, -0.2) is 19.4 Å². The summed E-state index contributed by atoms with van der Waals surface area (Å²) in [6, 6.07) is 7.45. The lowest BCUT2D eigenvalue weighted by Gasteiger charge is -2.49. The first kappa shape index (κ1) is 27.0. The van der Waals surface area contributed by atoms with Crippen molar-refractivity contribution in [1.29, 1.82) is 0 Å². The van der Waals surface area contributed by atoms with Gasteiger partial charge in [0.25, 0.3) is 0 Å². The number of carbonyl (C=O) groups is 3. The molecule has 0 aliphatic carbocycles. The van der Waals surface area contributed by atoms with Crippen molar-refractivity contribution in [2.24, 2.45) is 0 Å². The molecular weight excluding hydrogens is 492 g/mol. The van der Waals surface area contributed by atoms with Gasteiger partial charge in [-0.05, 0) is 79.0 Å². The molecule has 1 aliphatic rings. The van der Waals surface area contributed by atoms with Gasteiger partial charge in [-0.1, -0.05) is 28.1 Å². The highest BCUT2D eigenvalue weighted by atomic mass is 79.9. The Kier molecular flexibility index (Phi) is 8.43. The molecule has 0 radical (unpaired) electrons. The Labute approximate surface area is 204 Å². The molecule has 0 saturated carbocycles. The van der Waals surface area contributed by atoms with Crippen LogP contribution in [-0.4, -0.2) is 58.1 Å². The number of carbonyl (C=O) groups excluding carboxylic acids is 3. The maximum atomic E-state index is 13.5. The van der Waals surface area contributed by atoms with E-state index < -0.39 is 34.9 Å². The standard InChI is InChI=1S/C24H35BrN2O6/c1-8-31-19(28)24(16-17-10-12-18(25)13-11-17)14-9-15-26(20(29)32-22(2,3)4)27(24)21(30)33-23(5,6)7/h10-13H,8-9,14-16H2,1-7H3. The van der Waals surface area contributed by atoms with Crippen LogP contribution in [0.1, 0.15) is 66.9 Å². The minimum absolute atomic E-state index is 0.134. The maximum absolute atomic E-state index is 13.5. The fourth-order valence-electron chi connectivity index (χ4n) is 3.65. The lowest BCUT2D eigenvalue weighted by molar-refractivity contribution is -0.179. The molecule has 1 saturated heterocycles. The van der Waals surface area contributed by atoms with Gasteiger partial charge >= 0.3 is 18.2 Å². The second kappa shape index (κ2) is 10.3. The number of hydrazine groups is 1. The van der Waals surface area contributed by atoms with Crippen molar-refractivity contribution in [3.05, 3.63) is 34.3 Å². The molecule has 9 heteroatoms. The van der Waals surface area contributed by atoms with Gasteiger partial charge in [-0.3, -0.25) is 0 Å². The Bertz CT molecular complexity index is 859. The third-order valence-electron chi connectivity index (χ3n) is 4.84. The number of esters is 1. The molecule has 2 rings (SSSR count). The van der Waals surface area contributed by atoms with E-state index in [1.54, 1.807) is 48.5 Å². The van der Waals surface area contributed by atoms with E-state index in [4.69, 9.17) is 14.2 Å². The number of halogens is 1. The quantitative estimate of drug-likeness (QED) is 0.381. The second-order valence-corrected chi connectivity index (χ2v) is 11.0. The summed E-state index contributed by atoms with van der Waals surface area (Å²) in [5, 5.41) is 2.30. The molecule has 1 heterocycles. The van der Waals surface area contributed by atoms with Gasteiger partial charge in [0.1, 0.15) is 11.2 Å². The number of benzene rings is 1. The summed E-state index contributed by atoms with van der Waals surface area (Å²) in [5.74, 6) is -0.591. The zero-order valence-corrected chi connectivity index (χ0v) is 22.2. The van der Waals surface area contributed by atoms with Crippen molar-refractivity contribution in [3.63, 3.8) is 0 Å². The van der Waals surface area contributed by atoms with Crippen LogP contribution in [0.5, 0.6) is 0 Å². The van der Waals surface area contributed by atoms with Crippen LogP contribution >= 0.6 is 15.9 Å². The van der Waals surface area contributed by atoms with E-state index in [9.17, 15) is 14.4 Å². The summed E-state index contributed by atoms with van der Waals surface area (Å²) in [6.45, 7) is 12.5. The van der Waals surface area contributed by atoms with E-state index >= 15 is 0 Å². The number of rotatable bonds is 4. The maximum Gasteiger partial charge on any atom is 0.430 e. The van der Waals surface area contributed by atoms with Gasteiger partial charge in [-0.2, -0.15) is 5.01 Å². The molecule has 1 unspecified atom stereocenters. The minimum atomic E-state index is -1.47. The lowest BCUT2D eigenvalue weighted by Crippen LogP contribution is -2.69. The predicted molar refractivity (Wildman–Crippen MR) is 127 cm³/mol. The van der Waals surface area contributed by atoms with E-state index in [-0.39, 0.29) is 19.6 Å². The summed E-state index contributed by atoms with van der Waals surface area (Å²) >= 11 is 3.42. The molecular formula is C24H35BrN2O6. The van der Waals surface area contributed by atoms with E-state index in [1.165, 1.54) is 5.01 Å². The molecule has 0 aromatic heterocycles. The van der Waals surface area contributed by atoms with Crippen LogP contribution in [-0.2, 0) is 25.4 Å². The zero-order chi connectivity index (χ0) is 25.0. The summed E-state index contributed by atoms with van der Waals surface area (Å²) in [4.78, 5) is 40.1. The van der Waals surface area contributed by atoms with Gasteiger partial charge in [-0.15, -0.1) is 0 Å². The molecule has 2 amide bonds. The normalized spacial score (nSPS) is 19.2. The summed E-state index contributed by atoms with van der Waals surface area (Å²) in [7, 11) is 0. The Morgan fingerprint density at radius 1 is 0.970 bits per heavy atom. The fourth-order valence-corrected chi connectivity index (χ4v) is 3.92. The highest BCUT2D eigenvalue weighted by Crippen LogP contribution is 2.36. The lowest BCUT2D eigenvalue weighted by atomic mass is 9.84. The van der Waals surface area contributed by atoms with Crippen LogP contribution in [0.15, 0.2) is 28.7 Å². The van der Waals surface area contributed by atoms with Crippen molar-refractivity contribution in [2.75, 3.05) is 13.2 Å². The largest absolute Gasteiger partial charge is 0.464 e. The molecule has 184 valence electrons. The molecule has 33 heavy (non-hydrogen) atoms. The van der Waals surface area contributed by atoms with Gasteiger partial charge in [0.15, 0.2) is 5.54 Å². The Morgan fingerprint density at radius 3 is 2.03 bits per heavy atom. The Balaban J connectivity index is 2.61. The monoisotopic (exact) mass is 526 g/mol. The highest BCUT2D eigenvalue weighted by molar-refractivity contribution is 9.10. The number of ether oxygens (including phenoxy) is 3. The van der Waals surface area contributed by atoms with Gasteiger partial charge in [0.2, 0.25) is 0 Å². The predicted octanol–water partition coefficient (Wildman–Crippen LogP) is 5.48. The van der Waals surface area contributed by atoms with Gasteiger partial charge in [0, 0.05) is 17.4 Å². The van der Waals surface area contributed by atoms with Crippen LogP contribution in [0.4, 0.5) is 9.59 Å². The Morgan fingerprint density at radius 2 is 1.52 bits per heavy atom. The first-order chi connectivity index (χ1) is 15.2. The van der Waals surface area contributed by atoms with Crippen molar-refractivity contribution in [1.82, 2.24) is 10.0 Å². The van der Waals surface area contributed by atoms with Crippen molar-refractivity contribution in [3.8, 4) is 0 Å². The van der Waals surface area contributed by atoms with Gasteiger partial charge < -0.3 is 14.2 Å². The average molecular weight is 527 g/mol. The summed E-state index contributed by atoms with van der Waals surface area (Å²) < 4.78 is 17.5. The molecule has 0 N–H and O–H groups in total. The zero-order valence-electron chi connectivity index (χ0n) is 20.6. The molecule has 1 fully saturated rings. The third-order valence-corrected chi connectivity index (χ3v) is 5.37. The average Bonchev–Trinajstić information content (AvgIpc) is 2.67. The molecule has 1 aliphatic heterocycles. The molecule has 0 bridgehead atoms. The van der Waals surface area contributed by atoms with E-state index in [2.05, 4.69) is 15.9 Å². The Hall–Kier alpha value is -2.29. The highest BCUT2D eigenvalue weighted by Gasteiger charge is 2.55. The minimum Gasteiger partial charge on any atom is -0.464 e. The van der Waals surface area contributed by atoms with Crippen LogP contribution in [0.25, 0.3) is 0 Å². The topological polar surface area (TPSA) is 85.4 Å². The van der Waals surface area contributed by atoms with Crippen LogP contribution in [0, 0.1) is 0 Å². The second-order valence-electron chi connectivity index (χ2n) is 10.1. The number of hydrogen-bond acceptors (Lipinski definition) is 6. The first-order valence-corrected chi connectivity index (χ1v) is 11.9. The molecule has 0 spiro atoms. The van der Waals surface area contributed by atoms with Crippen molar-refractivity contribution >= 4 is 34.1 Å². The number of amides is 2. The van der Waals surface area contributed by atoms with Crippen molar-refractivity contribution in [2.45, 2.75) is 84.5 Å². The molecule has 1 aromatic rings. The molecule has 1 atom stereocenters. The van der Waals surface area contributed by atoms with Crippen LogP contribution in [0.3, 0.4) is 0 Å². The molecule has 1 aromatic carbocycles. The number of hydrogen-bond donors (Lipinski definition) is 0. The number of nitrogens with zero attached hydrogens (tertiary/aromatic N) is 2. The third kappa shape index (κ3) is 7.09.